The van der Waals surface area contributed by atoms with Gasteiger partial charge in [-0.3, -0.25) is 0 Å². The Kier molecular flexibility index (Phi) is 3.23. The highest BCUT2D eigenvalue weighted by molar-refractivity contribution is 7.90. The average molecular weight is 271 g/mol. The monoisotopic (exact) mass is 271 g/mol. The number of fused-ring (bicyclic) bond motifs is 1. The van der Waals surface area contributed by atoms with Gasteiger partial charge in [-0.25, -0.2) is 9.97 Å². The third-order valence-corrected chi connectivity index (χ3v) is 4.07. The molecule has 0 radical (unpaired) electrons. The van der Waals surface area contributed by atoms with Crippen LogP contribution in [0.5, 0.6) is 0 Å². The van der Waals surface area contributed by atoms with E-state index in [2.05, 4.69) is 15.0 Å². The highest BCUT2D eigenvalue weighted by Crippen LogP contribution is 2.17. The molecule has 5 heteroatoms. The Morgan fingerprint density at radius 1 is 1.26 bits per heavy atom. The zero-order valence-electron chi connectivity index (χ0n) is 10.5. The summed E-state index contributed by atoms with van der Waals surface area (Å²) in [6.45, 7) is 2.03. The fraction of sp³-hybridized carbons (Fsp3) is 0.143. The first kappa shape index (κ1) is 12.2. The number of hydrogen-bond acceptors (Lipinski definition) is 3. The summed E-state index contributed by atoms with van der Waals surface area (Å²) in [7, 11) is 0. The van der Waals surface area contributed by atoms with Gasteiger partial charge in [-0.15, -0.1) is 0 Å². The van der Waals surface area contributed by atoms with Crippen LogP contribution in [0.25, 0.3) is 11.0 Å². The average Bonchev–Trinajstić information content (AvgIpc) is 2.81. The van der Waals surface area contributed by atoms with Crippen molar-refractivity contribution in [1.82, 2.24) is 15.0 Å². The minimum Gasteiger partial charge on any atom is -0.610 e. The van der Waals surface area contributed by atoms with E-state index in [1.54, 1.807) is 12.3 Å². The maximum atomic E-state index is 12.1. The van der Waals surface area contributed by atoms with Gasteiger partial charge in [0.2, 0.25) is 5.03 Å². The van der Waals surface area contributed by atoms with Crippen molar-refractivity contribution in [2.75, 3.05) is 0 Å². The molecule has 0 fully saturated rings. The molecule has 4 nitrogen and oxygen atoms in total. The van der Waals surface area contributed by atoms with Crippen LogP contribution in [0.4, 0.5) is 0 Å². The van der Waals surface area contributed by atoms with Crippen LogP contribution in [0, 0.1) is 6.92 Å². The minimum atomic E-state index is -1.17. The van der Waals surface area contributed by atoms with Gasteiger partial charge in [-0.05, 0) is 30.7 Å². The summed E-state index contributed by atoms with van der Waals surface area (Å²) < 4.78 is 12.1. The van der Waals surface area contributed by atoms with E-state index in [4.69, 9.17) is 0 Å². The number of aromatic amines is 1. The fourth-order valence-corrected chi connectivity index (χ4v) is 2.86. The van der Waals surface area contributed by atoms with Crippen LogP contribution in [0.2, 0.25) is 0 Å². The van der Waals surface area contributed by atoms with Gasteiger partial charge < -0.3 is 9.54 Å². The third kappa shape index (κ3) is 2.62. The second-order valence-electron chi connectivity index (χ2n) is 4.36. The van der Waals surface area contributed by atoms with Crippen LogP contribution in [-0.2, 0) is 16.9 Å². The van der Waals surface area contributed by atoms with Crippen molar-refractivity contribution < 1.29 is 4.55 Å². The Bertz CT molecular complexity index is 696. The SMILES string of the molecule is Cc1ccc2[nH]c(C[S+]([O-])c3ccccn3)nc2c1. The topological polar surface area (TPSA) is 64.6 Å². The zero-order valence-corrected chi connectivity index (χ0v) is 11.3. The van der Waals surface area contributed by atoms with Crippen LogP contribution < -0.4 is 0 Å². The lowest BCUT2D eigenvalue weighted by Crippen LogP contribution is -2.07. The summed E-state index contributed by atoms with van der Waals surface area (Å²) >= 11 is -1.17. The number of imidazole rings is 1. The van der Waals surface area contributed by atoms with Crippen LogP contribution in [0.1, 0.15) is 11.4 Å². The first-order valence-electron chi connectivity index (χ1n) is 5.97. The summed E-state index contributed by atoms with van der Waals surface area (Å²) in [6.07, 6.45) is 1.65. The molecule has 2 heterocycles. The molecule has 0 aliphatic rings. The third-order valence-electron chi connectivity index (χ3n) is 2.83. The molecule has 1 unspecified atom stereocenters. The number of benzene rings is 1. The van der Waals surface area contributed by atoms with E-state index in [9.17, 15) is 4.55 Å². The largest absolute Gasteiger partial charge is 0.610 e. The summed E-state index contributed by atoms with van der Waals surface area (Å²) in [5.74, 6) is 1.08. The van der Waals surface area contributed by atoms with E-state index in [1.165, 1.54) is 0 Å². The molecule has 0 amide bonds. The first-order chi connectivity index (χ1) is 9.22. The molecule has 1 atom stereocenters. The van der Waals surface area contributed by atoms with E-state index >= 15 is 0 Å². The normalized spacial score (nSPS) is 12.7. The highest BCUT2D eigenvalue weighted by Gasteiger charge is 2.15. The van der Waals surface area contributed by atoms with Crippen molar-refractivity contribution >= 4 is 22.2 Å². The van der Waals surface area contributed by atoms with Gasteiger partial charge >= 0.3 is 0 Å². The van der Waals surface area contributed by atoms with Crippen LogP contribution in [0.15, 0.2) is 47.6 Å². The Labute approximate surface area is 114 Å². The molecule has 96 valence electrons. The number of aryl methyl sites for hydroxylation is 1. The van der Waals surface area contributed by atoms with Crippen LogP contribution in [0.3, 0.4) is 0 Å². The van der Waals surface area contributed by atoms with Crippen LogP contribution >= 0.6 is 0 Å². The van der Waals surface area contributed by atoms with Gasteiger partial charge in [0.25, 0.3) is 0 Å². The molecule has 19 heavy (non-hydrogen) atoms. The molecule has 0 saturated carbocycles. The van der Waals surface area contributed by atoms with Crippen molar-refractivity contribution in [3.8, 4) is 0 Å². The zero-order chi connectivity index (χ0) is 13.2. The molecule has 0 aliphatic carbocycles. The molecule has 0 saturated heterocycles. The number of aromatic nitrogens is 3. The summed E-state index contributed by atoms with van der Waals surface area (Å²) in [6, 6.07) is 11.4. The van der Waals surface area contributed by atoms with Gasteiger partial charge in [0.05, 0.1) is 11.0 Å². The Hall–Kier alpha value is -1.85. The molecule has 1 N–H and O–H groups in total. The van der Waals surface area contributed by atoms with Gasteiger partial charge in [0, 0.05) is 23.4 Å². The fourth-order valence-electron chi connectivity index (χ4n) is 1.92. The van der Waals surface area contributed by atoms with Crippen molar-refractivity contribution in [3.05, 3.63) is 54.0 Å². The number of nitrogens with one attached hydrogen (secondary N) is 1. The number of hydrogen-bond donors (Lipinski definition) is 1. The smallest absolute Gasteiger partial charge is 0.244 e. The van der Waals surface area contributed by atoms with E-state index < -0.39 is 11.2 Å². The van der Waals surface area contributed by atoms with E-state index in [1.807, 2.05) is 37.3 Å². The maximum absolute atomic E-state index is 12.1. The van der Waals surface area contributed by atoms with Gasteiger partial charge in [0.15, 0.2) is 11.6 Å². The lowest BCUT2D eigenvalue weighted by atomic mass is 10.2. The van der Waals surface area contributed by atoms with Crippen molar-refractivity contribution in [2.45, 2.75) is 17.7 Å². The highest BCUT2D eigenvalue weighted by atomic mass is 32.2. The first-order valence-corrected chi connectivity index (χ1v) is 7.29. The van der Waals surface area contributed by atoms with E-state index in [0.717, 1.165) is 22.4 Å². The molecule has 3 aromatic rings. The predicted octanol–water partition coefficient (Wildman–Crippen LogP) is 2.57. The van der Waals surface area contributed by atoms with Crippen LogP contribution in [-0.4, -0.2) is 19.5 Å². The van der Waals surface area contributed by atoms with Gasteiger partial charge in [-0.2, -0.15) is 0 Å². The Balaban J connectivity index is 1.85. The second-order valence-corrected chi connectivity index (χ2v) is 5.76. The van der Waals surface area contributed by atoms with E-state index in [0.29, 0.717) is 10.8 Å². The predicted molar refractivity (Wildman–Crippen MR) is 75.2 cm³/mol. The number of pyridine rings is 1. The second kappa shape index (κ2) is 5.03. The summed E-state index contributed by atoms with van der Waals surface area (Å²) in [5, 5.41) is 0.583. The molecule has 0 spiro atoms. The number of nitrogens with zero attached hydrogens (tertiary/aromatic N) is 2. The standard InChI is InChI=1S/C14H13N3OS/c1-10-5-6-11-12(8-10)17-13(16-11)9-19(18)14-4-2-3-7-15-14/h2-8H,9H2,1H3,(H,16,17). The van der Waals surface area contributed by atoms with Crippen molar-refractivity contribution in [2.24, 2.45) is 0 Å². The molecular weight excluding hydrogens is 258 g/mol. The summed E-state index contributed by atoms with van der Waals surface area (Å²) in [4.78, 5) is 11.8. The van der Waals surface area contributed by atoms with Gasteiger partial charge in [-0.1, -0.05) is 12.1 Å². The Morgan fingerprint density at radius 3 is 2.95 bits per heavy atom. The quantitative estimate of drug-likeness (QED) is 0.745. The number of H-pyrrole nitrogens is 1. The summed E-state index contributed by atoms with van der Waals surface area (Å²) in [5.41, 5.74) is 3.04. The minimum absolute atomic E-state index is 0.352. The maximum Gasteiger partial charge on any atom is 0.244 e. The van der Waals surface area contributed by atoms with E-state index in [-0.39, 0.29) is 0 Å². The van der Waals surface area contributed by atoms with Crippen molar-refractivity contribution in [3.63, 3.8) is 0 Å². The Morgan fingerprint density at radius 2 is 2.16 bits per heavy atom. The molecule has 0 bridgehead atoms. The molecule has 1 aromatic carbocycles. The molecule has 2 aromatic heterocycles. The van der Waals surface area contributed by atoms with Gasteiger partial charge in [0.1, 0.15) is 0 Å². The number of rotatable bonds is 3. The lowest BCUT2D eigenvalue weighted by molar-refractivity contribution is 0.589. The molecular formula is C14H13N3OS. The lowest BCUT2D eigenvalue weighted by Gasteiger charge is -2.06. The van der Waals surface area contributed by atoms with Crippen molar-refractivity contribution in [1.29, 1.82) is 0 Å². The molecule has 3 rings (SSSR count). The molecule has 0 aliphatic heterocycles.